The van der Waals surface area contributed by atoms with Crippen molar-refractivity contribution in [1.82, 2.24) is 0 Å². The van der Waals surface area contributed by atoms with Gasteiger partial charge in [0.2, 0.25) is 0 Å². The maximum atomic E-state index is 10.6. The Morgan fingerprint density at radius 1 is 1.55 bits per heavy atom. The number of carbonyl (C=O) groups excluding carboxylic acids is 1. The fourth-order valence-electron chi connectivity index (χ4n) is 0.499. The first-order valence-corrected chi connectivity index (χ1v) is 4.67. The van der Waals surface area contributed by atoms with Crippen molar-refractivity contribution in [3.8, 4) is 0 Å². The zero-order chi connectivity index (χ0) is 8.91. The van der Waals surface area contributed by atoms with Crippen LogP contribution in [0.4, 0.5) is 0 Å². The molecule has 64 valence electrons. The molecular weight excluding hydrogens is 168 g/mol. The molecule has 0 bridgehead atoms. The zero-order valence-electron chi connectivity index (χ0n) is 6.15. The predicted octanol–water partition coefficient (Wildman–Crippen LogP) is 0.410. The topological polar surface area (TPSA) is 71.4 Å². The molecule has 0 aromatic carbocycles. The van der Waals surface area contributed by atoms with Crippen LogP contribution in [0.15, 0.2) is 12.2 Å². The molecule has 0 heterocycles. The second kappa shape index (κ2) is 4.25. The summed E-state index contributed by atoms with van der Waals surface area (Å²) in [5, 5.41) is 0. The van der Waals surface area contributed by atoms with Gasteiger partial charge in [0.15, 0.2) is 5.78 Å². The lowest BCUT2D eigenvalue weighted by Crippen LogP contribution is -2.07. The number of carbonyl (C=O) groups is 1. The maximum absolute atomic E-state index is 10.6. The van der Waals surface area contributed by atoms with Crippen LogP contribution in [0.25, 0.3) is 0 Å². The standard InChI is InChI=1S/C6H10O4S/c1-2-3-6(7)4-5-11(8,9)10/h2-3H,4-5H2,1H3,(H,8,9,10). The Kier molecular flexibility index (Phi) is 3.99. The van der Waals surface area contributed by atoms with Crippen molar-refractivity contribution >= 4 is 15.9 Å². The third kappa shape index (κ3) is 7.21. The molecule has 0 aliphatic heterocycles. The van der Waals surface area contributed by atoms with E-state index in [1.165, 1.54) is 12.2 Å². The minimum absolute atomic E-state index is 0.164. The van der Waals surface area contributed by atoms with Crippen molar-refractivity contribution in [1.29, 1.82) is 0 Å². The van der Waals surface area contributed by atoms with Crippen molar-refractivity contribution in [2.45, 2.75) is 13.3 Å². The van der Waals surface area contributed by atoms with E-state index in [0.29, 0.717) is 0 Å². The molecular formula is C6H10O4S. The summed E-state index contributed by atoms with van der Waals surface area (Å²) in [6.07, 6.45) is 2.63. The highest BCUT2D eigenvalue weighted by Gasteiger charge is 2.06. The summed E-state index contributed by atoms with van der Waals surface area (Å²) in [5.74, 6) is -0.805. The van der Waals surface area contributed by atoms with E-state index in [1.807, 2.05) is 0 Å². The summed E-state index contributed by atoms with van der Waals surface area (Å²) in [7, 11) is -3.99. The molecule has 5 heteroatoms. The average molecular weight is 178 g/mol. The molecule has 1 N–H and O–H groups in total. The molecule has 0 unspecified atom stereocenters. The molecule has 0 aromatic rings. The minimum Gasteiger partial charge on any atom is -0.295 e. The van der Waals surface area contributed by atoms with E-state index in [1.54, 1.807) is 6.92 Å². The van der Waals surface area contributed by atoms with Gasteiger partial charge in [-0.2, -0.15) is 8.42 Å². The Morgan fingerprint density at radius 3 is 2.45 bits per heavy atom. The lowest BCUT2D eigenvalue weighted by Gasteiger charge is -1.91. The van der Waals surface area contributed by atoms with Crippen LogP contribution >= 0.6 is 0 Å². The summed E-state index contributed by atoms with van der Waals surface area (Å²) >= 11 is 0. The van der Waals surface area contributed by atoms with Crippen molar-refractivity contribution in [2.24, 2.45) is 0 Å². The molecule has 0 aliphatic rings. The Balaban J connectivity index is 3.82. The van der Waals surface area contributed by atoms with Gasteiger partial charge in [-0.05, 0) is 13.0 Å². The number of ketones is 1. The zero-order valence-corrected chi connectivity index (χ0v) is 6.97. The molecule has 0 radical (unpaired) electrons. The van der Waals surface area contributed by atoms with Crippen molar-refractivity contribution in [2.75, 3.05) is 5.75 Å². The summed E-state index contributed by atoms with van der Waals surface area (Å²) in [4.78, 5) is 10.6. The van der Waals surface area contributed by atoms with E-state index in [4.69, 9.17) is 4.55 Å². The highest BCUT2D eigenvalue weighted by atomic mass is 32.2. The Morgan fingerprint density at radius 2 is 2.09 bits per heavy atom. The number of allylic oxidation sites excluding steroid dienone is 2. The van der Waals surface area contributed by atoms with E-state index in [2.05, 4.69) is 0 Å². The molecule has 0 aliphatic carbocycles. The van der Waals surface area contributed by atoms with Crippen molar-refractivity contribution in [3.63, 3.8) is 0 Å². The summed E-state index contributed by atoms with van der Waals surface area (Å²) < 4.78 is 28.5. The molecule has 0 aromatic heterocycles. The maximum Gasteiger partial charge on any atom is 0.265 e. The van der Waals surface area contributed by atoms with Gasteiger partial charge in [-0.25, -0.2) is 0 Å². The number of rotatable bonds is 4. The summed E-state index contributed by atoms with van der Waals surface area (Å²) in [6, 6.07) is 0. The highest BCUT2D eigenvalue weighted by Crippen LogP contribution is 1.91. The fourth-order valence-corrected chi connectivity index (χ4v) is 0.958. The van der Waals surface area contributed by atoms with Crippen LogP contribution in [0.5, 0.6) is 0 Å². The third-order valence-corrected chi connectivity index (χ3v) is 1.68. The van der Waals surface area contributed by atoms with E-state index >= 15 is 0 Å². The first-order chi connectivity index (χ1) is 4.95. The molecule has 0 spiro atoms. The predicted molar refractivity (Wildman–Crippen MR) is 40.9 cm³/mol. The monoisotopic (exact) mass is 178 g/mol. The lowest BCUT2D eigenvalue weighted by molar-refractivity contribution is -0.114. The van der Waals surface area contributed by atoms with Crippen LogP contribution < -0.4 is 0 Å². The molecule has 0 saturated heterocycles. The van der Waals surface area contributed by atoms with E-state index < -0.39 is 15.9 Å². The van der Waals surface area contributed by atoms with E-state index in [0.717, 1.165) is 0 Å². The SMILES string of the molecule is CC=CC(=O)CCS(=O)(=O)O. The Labute approximate surface area is 65.7 Å². The number of hydrogen-bond donors (Lipinski definition) is 1. The second-order valence-electron chi connectivity index (χ2n) is 2.00. The van der Waals surface area contributed by atoms with Crippen LogP contribution in [0.2, 0.25) is 0 Å². The van der Waals surface area contributed by atoms with Crippen LogP contribution in [-0.4, -0.2) is 24.5 Å². The van der Waals surface area contributed by atoms with Crippen LogP contribution in [0.1, 0.15) is 13.3 Å². The fraction of sp³-hybridized carbons (Fsp3) is 0.500. The van der Waals surface area contributed by atoms with Gasteiger partial charge in [0.05, 0.1) is 5.75 Å². The van der Waals surface area contributed by atoms with E-state index in [-0.39, 0.29) is 12.2 Å². The van der Waals surface area contributed by atoms with Crippen molar-refractivity contribution in [3.05, 3.63) is 12.2 Å². The highest BCUT2D eigenvalue weighted by molar-refractivity contribution is 7.85. The van der Waals surface area contributed by atoms with Gasteiger partial charge in [0, 0.05) is 6.42 Å². The van der Waals surface area contributed by atoms with Gasteiger partial charge >= 0.3 is 0 Å². The Hall–Kier alpha value is -0.680. The van der Waals surface area contributed by atoms with Crippen molar-refractivity contribution < 1.29 is 17.8 Å². The second-order valence-corrected chi connectivity index (χ2v) is 3.57. The van der Waals surface area contributed by atoms with Crippen LogP contribution in [-0.2, 0) is 14.9 Å². The normalized spacial score (nSPS) is 12.2. The van der Waals surface area contributed by atoms with Crippen LogP contribution in [0, 0.1) is 0 Å². The molecule has 11 heavy (non-hydrogen) atoms. The quantitative estimate of drug-likeness (QED) is 0.500. The summed E-state index contributed by atoms with van der Waals surface area (Å²) in [6.45, 7) is 1.66. The number of hydrogen-bond acceptors (Lipinski definition) is 3. The Bertz CT molecular complexity index is 250. The van der Waals surface area contributed by atoms with E-state index in [9.17, 15) is 13.2 Å². The van der Waals surface area contributed by atoms with Gasteiger partial charge in [0.1, 0.15) is 0 Å². The smallest absolute Gasteiger partial charge is 0.265 e. The first-order valence-electron chi connectivity index (χ1n) is 3.06. The van der Waals surface area contributed by atoms with Gasteiger partial charge in [-0.3, -0.25) is 9.35 Å². The van der Waals surface area contributed by atoms with Gasteiger partial charge in [-0.1, -0.05) is 6.08 Å². The largest absolute Gasteiger partial charge is 0.295 e. The molecule has 0 fully saturated rings. The summed E-state index contributed by atoms with van der Waals surface area (Å²) in [5.41, 5.74) is 0. The molecule has 0 rings (SSSR count). The third-order valence-electron chi connectivity index (χ3n) is 0.959. The first kappa shape index (κ1) is 10.3. The molecule has 0 atom stereocenters. The van der Waals surface area contributed by atoms with Gasteiger partial charge in [0.25, 0.3) is 10.1 Å². The van der Waals surface area contributed by atoms with Gasteiger partial charge in [-0.15, -0.1) is 0 Å². The van der Waals surface area contributed by atoms with Gasteiger partial charge < -0.3 is 0 Å². The molecule has 4 nitrogen and oxygen atoms in total. The molecule has 0 amide bonds. The molecule has 0 saturated carbocycles. The van der Waals surface area contributed by atoms with Crippen LogP contribution in [0.3, 0.4) is 0 Å². The minimum atomic E-state index is -3.99. The average Bonchev–Trinajstić information content (AvgIpc) is 1.83. The lowest BCUT2D eigenvalue weighted by atomic mass is 10.3.